The van der Waals surface area contributed by atoms with Crippen LogP contribution in [0.25, 0.3) is 0 Å². The summed E-state index contributed by atoms with van der Waals surface area (Å²) >= 11 is 0. The number of hydrogen-bond donors (Lipinski definition) is 1. The standard InChI is InChI=1S/C32H63N/c1-3-5-7-9-11-13-15-17-19-21-23-25-27-29-31-33-32-30-28-26-24-22-20-18-16-14-12-10-8-6-4-2/h13-16,33H,3-12,17-32H2,1-2H3/b15-13-,16-14-. The van der Waals surface area contributed by atoms with E-state index < -0.39 is 0 Å². The number of unbranched alkanes of at least 4 members (excludes halogenated alkanes) is 20. The summed E-state index contributed by atoms with van der Waals surface area (Å²) in [6, 6.07) is 0. The minimum Gasteiger partial charge on any atom is -0.317 e. The summed E-state index contributed by atoms with van der Waals surface area (Å²) in [6.07, 6.45) is 42.8. The molecule has 0 radical (unpaired) electrons. The van der Waals surface area contributed by atoms with Crippen molar-refractivity contribution in [3.8, 4) is 0 Å². The molecule has 1 N–H and O–H groups in total. The van der Waals surface area contributed by atoms with Crippen molar-refractivity contribution in [2.45, 2.75) is 168 Å². The van der Waals surface area contributed by atoms with Gasteiger partial charge in [-0.1, -0.05) is 128 Å². The van der Waals surface area contributed by atoms with E-state index in [1.54, 1.807) is 0 Å². The Balaban J connectivity index is 3.08. The smallest absolute Gasteiger partial charge is 0.00489 e. The number of allylic oxidation sites excluding steroid dienone is 4. The molecule has 196 valence electrons. The van der Waals surface area contributed by atoms with Crippen LogP contribution < -0.4 is 5.32 Å². The van der Waals surface area contributed by atoms with E-state index >= 15 is 0 Å². The molecule has 0 bridgehead atoms. The van der Waals surface area contributed by atoms with Crippen LogP contribution in [0, 0.1) is 0 Å². The zero-order valence-corrected chi connectivity index (χ0v) is 23.2. The maximum atomic E-state index is 3.65. The third kappa shape index (κ3) is 31.4. The molecule has 0 aromatic rings. The Labute approximate surface area is 210 Å². The molecule has 0 saturated heterocycles. The summed E-state index contributed by atoms with van der Waals surface area (Å²) in [5.41, 5.74) is 0. The van der Waals surface area contributed by atoms with E-state index in [1.165, 1.54) is 167 Å². The predicted molar refractivity (Wildman–Crippen MR) is 153 cm³/mol. The van der Waals surface area contributed by atoms with Crippen molar-refractivity contribution in [2.24, 2.45) is 0 Å². The zero-order chi connectivity index (χ0) is 23.9. The van der Waals surface area contributed by atoms with Gasteiger partial charge in [-0.15, -0.1) is 0 Å². The second-order valence-electron chi connectivity index (χ2n) is 10.2. The van der Waals surface area contributed by atoms with Gasteiger partial charge in [0.25, 0.3) is 0 Å². The molecular weight excluding hydrogens is 398 g/mol. The van der Waals surface area contributed by atoms with Crippen LogP contribution in [0.1, 0.15) is 168 Å². The zero-order valence-electron chi connectivity index (χ0n) is 23.2. The first-order valence-electron chi connectivity index (χ1n) is 15.4. The van der Waals surface area contributed by atoms with Gasteiger partial charge in [-0.25, -0.2) is 0 Å². The molecule has 0 aliphatic heterocycles. The third-order valence-electron chi connectivity index (χ3n) is 6.73. The van der Waals surface area contributed by atoms with Crippen molar-refractivity contribution in [2.75, 3.05) is 13.1 Å². The summed E-state index contributed by atoms with van der Waals surface area (Å²) in [4.78, 5) is 0. The Morgan fingerprint density at radius 2 is 0.606 bits per heavy atom. The highest BCUT2D eigenvalue weighted by Gasteiger charge is 1.94. The fourth-order valence-corrected chi connectivity index (χ4v) is 4.41. The molecule has 0 aromatic carbocycles. The molecule has 0 aliphatic carbocycles. The average molecular weight is 462 g/mol. The second kappa shape index (κ2) is 31.4. The predicted octanol–water partition coefficient (Wildman–Crippen LogP) is 11.1. The van der Waals surface area contributed by atoms with Crippen molar-refractivity contribution in [3.05, 3.63) is 24.3 Å². The third-order valence-corrected chi connectivity index (χ3v) is 6.73. The SMILES string of the molecule is CCCCCC/C=C\CCCCCCCCNCCCCCCCC/C=C\CCCCCC. The largest absolute Gasteiger partial charge is 0.317 e. The summed E-state index contributed by atoms with van der Waals surface area (Å²) in [5.74, 6) is 0. The van der Waals surface area contributed by atoms with Gasteiger partial charge in [0.05, 0.1) is 0 Å². The molecule has 0 rings (SSSR count). The van der Waals surface area contributed by atoms with E-state index in [9.17, 15) is 0 Å². The quantitative estimate of drug-likeness (QED) is 0.0902. The van der Waals surface area contributed by atoms with Gasteiger partial charge in [0.1, 0.15) is 0 Å². The lowest BCUT2D eigenvalue weighted by molar-refractivity contribution is 0.539. The van der Waals surface area contributed by atoms with Crippen LogP contribution in [0.5, 0.6) is 0 Å². The first-order valence-corrected chi connectivity index (χ1v) is 15.4. The highest BCUT2D eigenvalue weighted by molar-refractivity contribution is 4.81. The molecule has 0 saturated carbocycles. The van der Waals surface area contributed by atoms with Crippen LogP contribution in [0.2, 0.25) is 0 Å². The topological polar surface area (TPSA) is 12.0 Å². The van der Waals surface area contributed by atoms with Crippen molar-refractivity contribution in [1.82, 2.24) is 5.32 Å². The normalized spacial score (nSPS) is 11.9. The van der Waals surface area contributed by atoms with Gasteiger partial charge in [-0.05, 0) is 77.3 Å². The first-order chi connectivity index (χ1) is 16.4. The molecule has 0 heterocycles. The van der Waals surface area contributed by atoms with Gasteiger partial charge >= 0.3 is 0 Å². The highest BCUT2D eigenvalue weighted by atomic mass is 14.8. The lowest BCUT2D eigenvalue weighted by atomic mass is 10.1. The summed E-state index contributed by atoms with van der Waals surface area (Å²) < 4.78 is 0. The van der Waals surface area contributed by atoms with Gasteiger partial charge in [0.2, 0.25) is 0 Å². The van der Waals surface area contributed by atoms with E-state index in [0.717, 1.165) is 0 Å². The van der Waals surface area contributed by atoms with Crippen LogP contribution >= 0.6 is 0 Å². The van der Waals surface area contributed by atoms with Gasteiger partial charge in [0.15, 0.2) is 0 Å². The molecule has 33 heavy (non-hydrogen) atoms. The Kier molecular flexibility index (Phi) is 30.9. The molecule has 0 aliphatic rings. The van der Waals surface area contributed by atoms with E-state index in [4.69, 9.17) is 0 Å². The Hall–Kier alpha value is -0.560. The minimum atomic E-state index is 1.23. The monoisotopic (exact) mass is 461 g/mol. The lowest BCUT2D eigenvalue weighted by Crippen LogP contribution is -2.16. The average Bonchev–Trinajstić information content (AvgIpc) is 2.83. The minimum absolute atomic E-state index is 1.23. The molecule has 0 atom stereocenters. The molecule has 1 heteroatoms. The number of hydrogen-bond acceptors (Lipinski definition) is 1. The molecular formula is C32H63N. The highest BCUT2D eigenvalue weighted by Crippen LogP contribution is 2.10. The van der Waals surface area contributed by atoms with Gasteiger partial charge in [-0.2, -0.15) is 0 Å². The molecule has 0 unspecified atom stereocenters. The van der Waals surface area contributed by atoms with E-state index in [0.29, 0.717) is 0 Å². The fourth-order valence-electron chi connectivity index (χ4n) is 4.41. The Morgan fingerprint density at radius 1 is 0.333 bits per heavy atom. The Bertz CT molecular complexity index is 348. The van der Waals surface area contributed by atoms with E-state index in [1.807, 2.05) is 0 Å². The van der Waals surface area contributed by atoms with E-state index in [2.05, 4.69) is 43.5 Å². The number of rotatable bonds is 28. The Morgan fingerprint density at radius 3 is 0.939 bits per heavy atom. The van der Waals surface area contributed by atoms with Crippen LogP contribution in [0.15, 0.2) is 24.3 Å². The van der Waals surface area contributed by atoms with Crippen molar-refractivity contribution in [3.63, 3.8) is 0 Å². The van der Waals surface area contributed by atoms with Crippen LogP contribution in [-0.2, 0) is 0 Å². The van der Waals surface area contributed by atoms with E-state index in [-0.39, 0.29) is 0 Å². The maximum absolute atomic E-state index is 3.65. The molecule has 1 nitrogen and oxygen atoms in total. The molecule has 0 aromatic heterocycles. The maximum Gasteiger partial charge on any atom is -0.00489 e. The summed E-state index contributed by atoms with van der Waals surface area (Å²) in [5, 5.41) is 3.65. The molecule has 0 amide bonds. The molecule has 0 fully saturated rings. The van der Waals surface area contributed by atoms with Crippen LogP contribution in [-0.4, -0.2) is 13.1 Å². The number of nitrogens with one attached hydrogen (secondary N) is 1. The van der Waals surface area contributed by atoms with Crippen LogP contribution in [0.4, 0.5) is 0 Å². The summed E-state index contributed by atoms with van der Waals surface area (Å²) in [6.45, 7) is 7.02. The second-order valence-corrected chi connectivity index (χ2v) is 10.2. The van der Waals surface area contributed by atoms with Crippen molar-refractivity contribution in [1.29, 1.82) is 0 Å². The first kappa shape index (κ1) is 32.4. The van der Waals surface area contributed by atoms with Gasteiger partial charge in [0, 0.05) is 0 Å². The van der Waals surface area contributed by atoms with Gasteiger partial charge < -0.3 is 5.32 Å². The van der Waals surface area contributed by atoms with Gasteiger partial charge in [-0.3, -0.25) is 0 Å². The lowest BCUT2D eigenvalue weighted by Gasteiger charge is -2.05. The molecule has 0 spiro atoms. The van der Waals surface area contributed by atoms with Crippen molar-refractivity contribution >= 4 is 0 Å². The summed E-state index contributed by atoms with van der Waals surface area (Å²) in [7, 11) is 0. The van der Waals surface area contributed by atoms with Crippen LogP contribution in [0.3, 0.4) is 0 Å². The fraction of sp³-hybridized carbons (Fsp3) is 0.875. The van der Waals surface area contributed by atoms with Crippen molar-refractivity contribution < 1.29 is 0 Å².